The van der Waals surface area contributed by atoms with E-state index in [4.69, 9.17) is 15.0 Å². The maximum Gasteiger partial charge on any atom is 0.145 e. The van der Waals surface area contributed by atoms with E-state index in [2.05, 4.69) is 100 Å². The summed E-state index contributed by atoms with van der Waals surface area (Å²) < 4.78 is 4.50. The van der Waals surface area contributed by atoms with Crippen LogP contribution in [0.1, 0.15) is 0 Å². The van der Waals surface area contributed by atoms with Gasteiger partial charge >= 0.3 is 0 Å². The van der Waals surface area contributed by atoms with Gasteiger partial charge in [0.2, 0.25) is 0 Å². The number of hydrogen-bond acceptors (Lipinski definition) is 3. The Morgan fingerprint density at radius 3 is 2.03 bits per heavy atom. The molecule has 0 N–H and O–H groups in total. The molecule has 0 bridgehead atoms. The molecule has 0 aliphatic rings. The lowest BCUT2D eigenvalue weighted by atomic mass is 10.1. The van der Waals surface area contributed by atoms with Gasteiger partial charge in [-0.25, -0.2) is 9.97 Å². The highest BCUT2D eigenvalue weighted by Crippen LogP contribution is 2.38. The van der Waals surface area contributed by atoms with Gasteiger partial charge in [0.05, 0.1) is 27.6 Å². The number of aromatic nitrogens is 5. The van der Waals surface area contributed by atoms with Crippen molar-refractivity contribution in [2.75, 3.05) is 0 Å². The minimum Gasteiger partial charge on any atom is -0.308 e. The van der Waals surface area contributed by atoms with Gasteiger partial charge in [-0.2, -0.15) is 0 Å². The molecule has 178 valence electrons. The van der Waals surface area contributed by atoms with Gasteiger partial charge in [0.1, 0.15) is 16.9 Å². The minimum absolute atomic E-state index is 0.857. The number of nitrogens with zero attached hydrogens (tertiary/aromatic N) is 5. The number of rotatable bonds is 3. The lowest BCUT2D eigenvalue weighted by Crippen LogP contribution is -2.01. The summed E-state index contributed by atoms with van der Waals surface area (Å²) in [4.78, 5) is 15.0. The third-order valence-electron chi connectivity index (χ3n) is 7.21. The van der Waals surface area contributed by atoms with Crippen molar-refractivity contribution >= 4 is 44.0 Å². The Kier molecular flexibility index (Phi) is 4.45. The molecule has 0 amide bonds. The van der Waals surface area contributed by atoms with Gasteiger partial charge in [0, 0.05) is 29.0 Å². The highest BCUT2D eigenvalue weighted by atomic mass is 15.1. The van der Waals surface area contributed by atoms with E-state index in [9.17, 15) is 0 Å². The molecular weight excluding hydrogens is 466 g/mol. The van der Waals surface area contributed by atoms with Crippen molar-refractivity contribution in [3.05, 3.63) is 128 Å². The second kappa shape index (κ2) is 8.11. The van der Waals surface area contributed by atoms with Crippen molar-refractivity contribution < 1.29 is 0 Å². The van der Waals surface area contributed by atoms with Crippen molar-refractivity contribution in [1.82, 2.24) is 24.1 Å². The van der Waals surface area contributed by atoms with Crippen LogP contribution < -0.4 is 0 Å². The fourth-order valence-electron chi connectivity index (χ4n) is 5.60. The van der Waals surface area contributed by atoms with Crippen molar-refractivity contribution in [3.8, 4) is 22.6 Å². The minimum atomic E-state index is 0.857. The molecule has 38 heavy (non-hydrogen) atoms. The lowest BCUT2D eigenvalue weighted by molar-refractivity contribution is 1.08. The van der Waals surface area contributed by atoms with Crippen LogP contribution in [0.3, 0.4) is 0 Å². The van der Waals surface area contributed by atoms with Crippen LogP contribution in [0.15, 0.2) is 128 Å². The molecule has 5 aromatic heterocycles. The van der Waals surface area contributed by atoms with Gasteiger partial charge in [0.25, 0.3) is 0 Å². The summed E-state index contributed by atoms with van der Waals surface area (Å²) in [5, 5.41) is 1.12. The van der Waals surface area contributed by atoms with Crippen LogP contribution in [-0.2, 0) is 0 Å². The summed E-state index contributed by atoms with van der Waals surface area (Å²) in [5.41, 5.74) is 10.1. The molecule has 0 fully saturated rings. The van der Waals surface area contributed by atoms with Crippen LogP contribution >= 0.6 is 0 Å². The zero-order valence-corrected chi connectivity index (χ0v) is 20.4. The highest BCUT2D eigenvalue weighted by molar-refractivity contribution is 6.14. The number of pyridine rings is 3. The molecule has 5 heteroatoms. The molecule has 0 saturated heterocycles. The molecule has 0 unspecified atom stereocenters. The zero-order valence-electron chi connectivity index (χ0n) is 20.4. The van der Waals surface area contributed by atoms with E-state index in [0.29, 0.717) is 0 Å². The van der Waals surface area contributed by atoms with Gasteiger partial charge in [-0.3, -0.25) is 9.55 Å². The number of hydrogen-bond donors (Lipinski definition) is 0. The molecule has 0 radical (unpaired) electrons. The number of fused-ring (bicyclic) bond motifs is 6. The van der Waals surface area contributed by atoms with Crippen LogP contribution in [-0.4, -0.2) is 24.1 Å². The van der Waals surface area contributed by atoms with Crippen LogP contribution in [0, 0.1) is 0 Å². The topological polar surface area (TPSA) is 48.5 Å². The largest absolute Gasteiger partial charge is 0.308 e. The summed E-state index contributed by atoms with van der Waals surface area (Å²) >= 11 is 0. The first-order valence-corrected chi connectivity index (χ1v) is 12.6. The molecule has 3 aromatic carbocycles. The van der Waals surface area contributed by atoms with Crippen LogP contribution in [0.25, 0.3) is 66.6 Å². The van der Waals surface area contributed by atoms with E-state index in [1.165, 1.54) is 0 Å². The van der Waals surface area contributed by atoms with Crippen LogP contribution in [0.4, 0.5) is 0 Å². The molecule has 0 spiro atoms. The second-order valence-corrected chi connectivity index (χ2v) is 9.36. The molecule has 5 nitrogen and oxygen atoms in total. The van der Waals surface area contributed by atoms with Crippen molar-refractivity contribution in [2.45, 2.75) is 0 Å². The SMILES string of the molecule is c1ccc(-c2cccnc2-n2c3cccnc3c3nc4c5ccccc5n(-c5ccccc5)c4cc32)cc1. The molecule has 8 rings (SSSR count). The van der Waals surface area contributed by atoms with Crippen LogP contribution in [0.5, 0.6) is 0 Å². The van der Waals surface area contributed by atoms with Crippen molar-refractivity contribution in [3.63, 3.8) is 0 Å². The predicted octanol–water partition coefficient (Wildman–Crippen LogP) is 7.73. The lowest BCUT2D eigenvalue weighted by Gasteiger charge is -2.12. The van der Waals surface area contributed by atoms with E-state index in [1.807, 2.05) is 36.7 Å². The monoisotopic (exact) mass is 487 g/mol. The Bertz CT molecular complexity index is 2120. The van der Waals surface area contributed by atoms with Crippen molar-refractivity contribution in [1.29, 1.82) is 0 Å². The normalized spacial score (nSPS) is 11.7. The third-order valence-corrected chi connectivity index (χ3v) is 7.21. The molecule has 8 aromatic rings. The van der Waals surface area contributed by atoms with E-state index in [0.717, 1.165) is 66.6 Å². The Labute approximate surface area is 218 Å². The smallest absolute Gasteiger partial charge is 0.145 e. The predicted molar refractivity (Wildman–Crippen MR) is 154 cm³/mol. The first kappa shape index (κ1) is 20.9. The Balaban J connectivity index is 1.55. The van der Waals surface area contributed by atoms with E-state index >= 15 is 0 Å². The number of benzene rings is 3. The summed E-state index contributed by atoms with van der Waals surface area (Å²) in [6, 6.07) is 39.8. The first-order chi connectivity index (χ1) is 18.9. The first-order valence-electron chi connectivity index (χ1n) is 12.6. The summed E-state index contributed by atoms with van der Waals surface area (Å²) in [6.07, 6.45) is 3.69. The summed E-state index contributed by atoms with van der Waals surface area (Å²) in [7, 11) is 0. The molecular formula is C33H21N5. The van der Waals surface area contributed by atoms with E-state index in [1.54, 1.807) is 0 Å². The Morgan fingerprint density at radius 1 is 0.474 bits per heavy atom. The summed E-state index contributed by atoms with van der Waals surface area (Å²) in [5.74, 6) is 0.857. The standard InChI is InChI=1S/C33H21N5/c1-3-11-22(12-4-1)24-16-9-20-35-33(24)38-27-18-10-19-34-31(27)32-29(38)21-28-30(36-32)25-15-7-8-17-26(25)37(28)23-13-5-2-6-14-23/h1-21H. The Hall–Kier alpha value is -5.29. The average Bonchev–Trinajstić information content (AvgIpc) is 3.49. The molecule has 0 atom stereocenters. The van der Waals surface area contributed by atoms with Crippen LogP contribution in [0.2, 0.25) is 0 Å². The van der Waals surface area contributed by atoms with Crippen molar-refractivity contribution in [2.24, 2.45) is 0 Å². The quantitative estimate of drug-likeness (QED) is 0.256. The van der Waals surface area contributed by atoms with Gasteiger partial charge < -0.3 is 4.57 Å². The van der Waals surface area contributed by atoms with Gasteiger partial charge in [0.15, 0.2) is 0 Å². The average molecular weight is 488 g/mol. The fraction of sp³-hybridized carbons (Fsp3) is 0. The van der Waals surface area contributed by atoms with E-state index < -0.39 is 0 Å². The third kappa shape index (κ3) is 2.96. The highest BCUT2D eigenvalue weighted by Gasteiger charge is 2.21. The summed E-state index contributed by atoms with van der Waals surface area (Å²) in [6.45, 7) is 0. The maximum absolute atomic E-state index is 5.30. The molecule has 0 saturated carbocycles. The Morgan fingerprint density at radius 2 is 1.16 bits per heavy atom. The zero-order chi connectivity index (χ0) is 25.1. The van der Waals surface area contributed by atoms with Gasteiger partial charge in [-0.05, 0) is 54.1 Å². The maximum atomic E-state index is 5.30. The van der Waals surface area contributed by atoms with E-state index in [-0.39, 0.29) is 0 Å². The fourth-order valence-corrected chi connectivity index (χ4v) is 5.60. The second-order valence-electron chi connectivity index (χ2n) is 9.36. The molecule has 5 heterocycles. The van der Waals surface area contributed by atoms with Gasteiger partial charge in [-0.15, -0.1) is 0 Å². The molecule has 0 aliphatic carbocycles. The molecule has 0 aliphatic heterocycles. The van der Waals surface area contributed by atoms with Gasteiger partial charge in [-0.1, -0.05) is 66.7 Å². The number of para-hydroxylation sites is 2.